The Hall–Kier alpha value is -0.820. The van der Waals surface area contributed by atoms with E-state index in [0.29, 0.717) is 17.9 Å². The maximum atomic E-state index is 6.77. The molecule has 0 saturated heterocycles. The average Bonchev–Trinajstić information content (AvgIpc) is 2.77. The van der Waals surface area contributed by atoms with Gasteiger partial charge < -0.3 is 5.73 Å². The summed E-state index contributed by atoms with van der Waals surface area (Å²) in [6.07, 6.45) is 9.44. The number of hydrogen-bond donors (Lipinski definition) is 1. The van der Waals surface area contributed by atoms with Gasteiger partial charge in [0.2, 0.25) is 0 Å². The first-order chi connectivity index (χ1) is 9.74. The van der Waals surface area contributed by atoms with E-state index < -0.39 is 0 Å². The molecule has 0 bridgehead atoms. The van der Waals surface area contributed by atoms with Crippen LogP contribution in [0.2, 0.25) is 0 Å². The van der Waals surface area contributed by atoms with E-state index in [1.165, 1.54) is 50.5 Å². The molecule has 0 aromatic heterocycles. The van der Waals surface area contributed by atoms with Gasteiger partial charge in [-0.05, 0) is 30.2 Å². The number of benzene rings is 1. The van der Waals surface area contributed by atoms with Gasteiger partial charge in [-0.3, -0.25) is 0 Å². The van der Waals surface area contributed by atoms with Crippen LogP contribution in [0.15, 0.2) is 30.3 Å². The van der Waals surface area contributed by atoms with Gasteiger partial charge in [0.1, 0.15) is 0 Å². The topological polar surface area (TPSA) is 26.0 Å². The van der Waals surface area contributed by atoms with Crippen molar-refractivity contribution >= 4 is 0 Å². The van der Waals surface area contributed by atoms with E-state index in [-0.39, 0.29) is 0 Å². The molecular weight excluding hydrogens is 242 g/mol. The van der Waals surface area contributed by atoms with Crippen molar-refractivity contribution in [1.29, 1.82) is 0 Å². The number of hydrogen-bond acceptors (Lipinski definition) is 1. The van der Waals surface area contributed by atoms with Crippen LogP contribution in [0.4, 0.5) is 0 Å². The lowest BCUT2D eigenvalue weighted by Crippen LogP contribution is -2.39. The summed E-state index contributed by atoms with van der Waals surface area (Å²) in [7, 11) is 0. The lowest BCUT2D eigenvalue weighted by molar-refractivity contribution is 0.278. The molecule has 1 saturated carbocycles. The molecule has 1 aromatic rings. The van der Waals surface area contributed by atoms with Crippen molar-refractivity contribution in [3.63, 3.8) is 0 Å². The summed E-state index contributed by atoms with van der Waals surface area (Å²) < 4.78 is 0. The highest BCUT2D eigenvalue weighted by Gasteiger charge is 2.30. The predicted octanol–water partition coefficient (Wildman–Crippen LogP) is 5.11. The minimum absolute atomic E-state index is 0.324. The molecule has 2 rings (SSSR count). The maximum absolute atomic E-state index is 6.77. The third kappa shape index (κ3) is 3.85. The second-order valence-electron chi connectivity index (χ2n) is 6.65. The molecule has 0 aliphatic heterocycles. The lowest BCUT2D eigenvalue weighted by Gasteiger charge is -2.34. The molecule has 1 aliphatic carbocycles. The van der Waals surface area contributed by atoms with E-state index in [2.05, 4.69) is 44.2 Å². The highest BCUT2D eigenvalue weighted by atomic mass is 14.7. The number of nitrogens with two attached hydrogens (primary N) is 1. The van der Waals surface area contributed by atoms with Gasteiger partial charge in [0, 0.05) is 12.0 Å². The van der Waals surface area contributed by atoms with Crippen LogP contribution in [-0.2, 0) is 0 Å². The van der Waals surface area contributed by atoms with Crippen LogP contribution in [0.1, 0.15) is 70.3 Å². The molecule has 0 heterocycles. The predicted molar refractivity (Wildman–Crippen MR) is 87.8 cm³/mol. The molecule has 1 heteroatoms. The van der Waals surface area contributed by atoms with E-state index in [4.69, 9.17) is 5.73 Å². The Balaban J connectivity index is 2.17. The van der Waals surface area contributed by atoms with Gasteiger partial charge in [-0.1, -0.05) is 76.3 Å². The first-order valence-electron chi connectivity index (χ1n) is 8.54. The monoisotopic (exact) mass is 273 g/mol. The second-order valence-corrected chi connectivity index (χ2v) is 6.65. The van der Waals surface area contributed by atoms with Crippen molar-refractivity contribution in [2.45, 2.75) is 70.8 Å². The highest BCUT2D eigenvalue weighted by Crippen LogP contribution is 2.36. The lowest BCUT2D eigenvalue weighted by atomic mass is 9.74. The Labute approximate surface area is 125 Å². The molecule has 1 nitrogen and oxygen atoms in total. The SMILES string of the molecule is CCC(C)C(c1ccccc1)C(N)C1CCCCCC1. The van der Waals surface area contributed by atoms with Crippen molar-refractivity contribution in [1.82, 2.24) is 0 Å². The van der Waals surface area contributed by atoms with Crippen LogP contribution in [-0.4, -0.2) is 6.04 Å². The molecule has 112 valence electrons. The first-order valence-corrected chi connectivity index (χ1v) is 8.54. The second kappa shape index (κ2) is 7.83. The molecular formula is C19H31N. The van der Waals surface area contributed by atoms with Gasteiger partial charge in [0.05, 0.1) is 0 Å². The molecule has 0 amide bonds. The summed E-state index contributed by atoms with van der Waals surface area (Å²) in [5, 5.41) is 0. The Morgan fingerprint density at radius 3 is 2.20 bits per heavy atom. The van der Waals surface area contributed by atoms with Crippen LogP contribution < -0.4 is 5.73 Å². The van der Waals surface area contributed by atoms with Crippen molar-refractivity contribution in [2.75, 3.05) is 0 Å². The Morgan fingerprint density at radius 2 is 1.65 bits per heavy atom. The average molecular weight is 273 g/mol. The third-order valence-corrected chi connectivity index (χ3v) is 5.30. The van der Waals surface area contributed by atoms with Crippen LogP contribution in [0.3, 0.4) is 0 Å². The quantitative estimate of drug-likeness (QED) is 0.741. The van der Waals surface area contributed by atoms with Crippen molar-refractivity contribution in [3.05, 3.63) is 35.9 Å². The third-order valence-electron chi connectivity index (χ3n) is 5.30. The summed E-state index contributed by atoms with van der Waals surface area (Å²) in [5.41, 5.74) is 8.21. The Kier molecular flexibility index (Phi) is 6.09. The zero-order chi connectivity index (χ0) is 14.4. The summed E-state index contributed by atoms with van der Waals surface area (Å²) in [5.74, 6) is 1.90. The van der Waals surface area contributed by atoms with Crippen molar-refractivity contribution < 1.29 is 0 Å². The van der Waals surface area contributed by atoms with Gasteiger partial charge in [-0.25, -0.2) is 0 Å². The van der Waals surface area contributed by atoms with Gasteiger partial charge >= 0.3 is 0 Å². The van der Waals surface area contributed by atoms with Gasteiger partial charge in [-0.2, -0.15) is 0 Å². The van der Waals surface area contributed by atoms with Gasteiger partial charge in [-0.15, -0.1) is 0 Å². The van der Waals surface area contributed by atoms with Gasteiger partial charge in [0.25, 0.3) is 0 Å². The molecule has 3 unspecified atom stereocenters. The van der Waals surface area contributed by atoms with Crippen LogP contribution in [0.25, 0.3) is 0 Å². The fraction of sp³-hybridized carbons (Fsp3) is 0.684. The molecule has 0 radical (unpaired) electrons. The fourth-order valence-electron chi connectivity index (χ4n) is 3.85. The minimum atomic E-state index is 0.324. The van der Waals surface area contributed by atoms with Crippen molar-refractivity contribution in [3.8, 4) is 0 Å². The summed E-state index contributed by atoms with van der Waals surface area (Å²) in [4.78, 5) is 0. The van der Waals surface area contributed by atoms with Crippen LogP contribution >= 0.6 is 0 Å². The van der Waals surface area contributed by atoms with Gasteiger partial charge in [0.15, 0.2) is 0 Å². The molecule has 3 atom stereocenters. The fourth-order valence-corrected chi connectivity index (χ4v) is 3.85. The molecule has 0 spiro atoms. The van der Waals surface area contributed by atoms with E-state index in [9.17, 15) is 0 Å². The zero-order valence-electron chi connectivity index (χ0n) is 13.2. The molecule has 2 N–H and O–H groups in total. The normalized spacial score (nSPS) is 21.9. The van der Waals surface area contributed by atoms with Crippen LogP contribution in [0.5, 0.6) is 0 Å². The van der Waals surface area contributed by atoms with E-state index in [1.807, 2.05) is 0 Å². The largest absolute Gasteiger partial charge is 0.327 e. The standard InChI is InChI=1S/C19H31N/c1-3-15(2)18(16-11-9-6-10-12-16)19(20)17-13-7-4-5-8-14-17/h6,9-12,15,17-19H,3-5,7-8,13-14,20H2,1-2H3. The van der Waals surface area contributed by atoms with Crippen LogP contribution in [0, 0.1) is 11.8 Å². The summed E-state index contributed by atoms with van der Waals surface area (Å²) in [6, 6.07) is 11.3. The maximum Gasteiger partial charge on any atom is 0.0139 e. The van der Waals surface area contributed by atoms with E-state index in [0.717, 1.165) is 5.92 Å². The smallest absolute Gasteiger partial charge is 0.0139 e. The zero-order valence-corrected chi connectivity index (χ0v) is 13.2. The van der Waals surface area contributed by atoms with Crippen molar-refractivity contribution in [2.24, 2.45) is 17.6 Å². The molecule has 1 aliphatic rings. The molecule has 1 fully saturated rings. The highest BCUT2D eigenvalue weighted by molar-refractivity contribution is 5.22. The van der Waals surface area contributed by atoms with E-state index in [1.54, 1.807) is 0 Å². The summed E-state index contributed by atoms with van der Waals surface area (Å²) in [6.45, 7) is 4.66. The molecule has 20 heavy (non-hydrogen) atoms. The summed E-state index contributed by atoms with van der Waals surface area (Å²) >= 11 is 0. The number of rotatable bonds is 5. The minimum Gasteiger partial charge on any atom is -0.327 e. The van der Waals surface area contributed by atoms with E-state index >= 15 is 0 Å². The molecule has 1 aromatic carbocycles. The Bertz CT molecular complexity index is 365. The Morgan fingerprint density at radius 1 is 1.05 bits per heavy atom. The first kappa shape index (κ1) is 15.6.